The Labute approximate surface area is 209 Å². The zero-order valence-electron chi connectivity index (χ0n) is 19.9. The summed E-state index contributed by atoms with van der Waals surface area (Å²) in [5, 5.41) is 4.43. The highest BCUT2D eigenvalue weighted by Gasteiger charge is 2.22. The van der Waals surface area contributed by atoms with E-state index in [1.165, 1.54) is 22.9 Å². The summed E-state index contributed by atoms with van der Waals surface area (Å²) in [5.74, 6) is 0.200. The maximum absolute atomic E-state index is 13.3. The quantitative estimate of drug-likeness (QED) is 0.384. The number of hydrogen-bond acceptors (Lipinski definition) is 6. The Kier molecular flexibility index (Phi) is 7.81. The van der Waals surface area contributed by atoms with E-state index in [-0.39, 0.29) is 23.3 Å². The number of hydrogen-bond donors (Lipinski definition) is 1. The van der Waals surface area contributed by atoms with Gasteiger partial charge in [0.05, 0.1) is 35.9 Å². The van der Waals surface area contributed by atoms with Crippen LogP contribution in [0.4, 0.5) is 0 Å². The SMILES string of the molecule is O=C(CSc1nc2ccccc2c(=O)n1CCCN1CCOCC1)NC1CCCc2ccccc21. The molecule has 35 heavy (non-hydrogen) atoms. The van der Waals surface area contributed by atoms with Gasteiger partial charge < -0.3 is 10.1 Å². The Bertz CT molecular complexity index is 1240. The van der Waals surface area contributed by atoms with Crippen LogP contribution in [0.15, 0.2) is 58.5 Å². The second kappa shape index (κ2) is 11.4. The Hall–Kier alpha value is -2.68. The van der Waals surface area contributed by atoms with Gasteiger partial charge in [0.1, 0.15) is 0 Å². The molecule has 8 heteroatoms. The molecule has 3 aromatic rings. The normalized spacial score (nSPS) is 18.3. The highest BCUT2D eigenvalue weighted by molar-refractivity contribution is 7.99. The molecule has 184 valence electrons. The van der Waals surface area contributed by atoms with Gasteiger partial charge in [-0.15, -0.1) is 0 Å². The molecular weight excluding hydrogens is 460 g/mol. The lowest BCUT2D eigenvalue weighted by molar-refractivity contribution is -0.119. The first-order chi connectivity index (χ1) is 17.2. The lowest BCUT2D eigenvalue weighted by Crippen LogP contribution is -2.37. The largest absolute Gasteiger partial charge is 0.379 e. The number of thioether (sulfide) groups is 1. The fraction of sp³-hybridized carbons (Fsp3) is 0.444. The number of morpholine rings is 1. The molecule has 1 aromatic heterocycles. The number of aryl methyl sites for hydroxylation is 1. The van der Waals surface area contributed by atoms with Crippen LogP contribution in [-0.2, 0) is 22.5 Å². The van der Waals surface area contributed by atoms with Crippen molar-refractivity contribution in [2.24, 2.45) is 0 Å². The summed E-state index contributed by atoms with van der Waals surface area (Å²) in [5.41, 5.74) is 3.18. The van der Waals surface area contributed by atoms with Crippen molar-refractivity contribution in [2.75, 3.05) is 38.6 Å². The number of nitrogens with one attached hydrogen (secondary N) is 1. The summed E-state index contributed by atoms with van der Waals surface area (Å²) in [7, 11) is 0. The summed E-state index contributed by atoms with van der Waals surface area (Å²) < 4.78 is 7.18. The number of rotatable bonds is 8. The van der Waals surface area contributed by atoms with Gasteiger partial charge in [-0.2, -0.15) is 0 Å². The minimum absolute atomic E-state index is 0.0287. The van der Waals surface area contributed by atoms with Crippen LogP contribution in [0.2, 0.25) is 0 Å². The van der Waals surface area contributed by atoms with Crippen LogP contribution in [0.5, 0.6) is 0 Å². The Morgan fingerprint density at radius 2 is 1.89 bits per heavy atom. The fourth-order valence-electron chi connectivity index (χ4n) is 5.00. The zero-order chi connectivity index (χ0) is 24.0. The van der Waals surface area contributed by atoms with Crippen LogP contribution in [0, 0.1) is 0 Å². The van der Waals surface area contributed by atoms with Gasteiger partial charge in [0.25, 0.3) is 5.56 Å². The van der Waals surface area contributed by atoms with Crippen LogP contribution >= 0.6 is 11.8 Å². The summed E-state index contributed by atoms with van der Waals surface area (Å²) in [6.45, 7) is 4.87. The highest BCUT2D eigenvalue weighted by atomic mass is 32.2. The number of aromatic nitrogens is 2. The minimum Gasteiger partial charge on any atom is -0.379 e. The van der Waals surface area contributed by atoms with Crippen molar-refractivity contribution < 1.29 is 9.53 Å². The molecule has 0 radical (unpaired) electrons. The van der Waals surface area contributed by atoms with Gasteiger partial charge in [0, 0.05) is 26.2 Å². The van der Waals surface area contributed by atoms with Crippen LogP contribution in [0.3, 0.4) is 0 Å². The molecule has 2 aromatic carbocycles. The standard InChI is InChI=1S/C27H32N4O3S/c32-25(28-23-12-5-8-20-7-1-2-9-21(20)23)19-35-27-29-24-11-4-3-10-22(24)26(33)31(27)14-6-13-30-15-17-34-18-16-30/h1-4,7,9-11,23H,5-6,8,12-19H2,(H,28,32). The molecule has 1 N–H and O–H groups in total. The van der Waals surface area contributed by atoms with E-state index in [0.717, 1.165) is 58.5 Å². The zero-order valence-corrected chi connectivity index (χ0v) is 20.8. The fourth-order valence-corrected chi connectivity index (χ4v) is 5.84. The number of carbonyl (C=O) groups excluding carboxylic acids is 1. The van der Waals surface area contributed by atoms with Crippen LogP contribution < -0.4 is 10.9 Å². The molecule has 2 heterocycles. The van der Waals surface area contributed by atoms with E-state index in [1.807, 2.05) is 30.3 Å². The maximum atomic E-state index is 13.3. The monoisotopic (exact) mass is 492 g/mol. The van der Waals surface area contributed by atoms with Crippen molar-refractivity contribution in [1.82, 2.24) is 19.8 Å². The number of ether oxygens (including phenoxy) is 1. The Balaban J connectivity index is 1.28. The number of para-hydroxylation sites is 1. The third-order valence-corrected chi connectivity index (χ3v) is 7.80. The van der Waals surface area contributed by atoms with E-state index in [2.05, 4.69) is 28.4 Å². The number of carbonyl (C=O) groups is 1. The molecule has 1 aliphatic heterocycles. The van der Waals surface area contributed by atoms with E-state index in [9.17, 15) is 9.59 Å². The van der Waals surface area contributed by atoms with Crippen molar-refractivity contribution in [3.8, 4) is 0 Å². The van der Waals surface area contributed by atoms with Gasteiger partial charge in [-0.1, -0.05) is 48.2 Å². The predicted octanol–water partition coefficient (Wildman–Crippen LogP) is 3.40. The average molecular weight is 493 g/mol. The number of fused-ring (bicyclic) bond motifs is 2. The second-order valence-corrected chi connectivity index (χ2v) is 10.1. The first-order valence-corrected chi connectivity index (χ1v) is 13.5. The first kappa shape index (κ1) is 24.0. The van der Waals surface area contributed by atoms with Gasteiger partial charge >= 0.3 is 0 Å². The van der Waals surface area contributed by atoms with Crippen molar-refractivity contribution in [3.63, 3.8) is 0 Å². The first-order valence-electron chi connectivity index (χ1n) is 12.5. The molecule has 1 fully saturated rings. The van der Waals surface area contributed by atoms with Crippen molar-refractivity contribution in [1.29, 1.82) is 0 Å². The van der Waals surface area contributed by atoms with Crippen molar-refractivity contribution in [3.05, 3.63) is 70.0 Å². The maximum Gasteiger partial charge on any atom is 0.262 e. The molecule has 2 aliphatic rings. The molecule has 5 rings (SSSR count). The van der Waals surface area contributed by atoms with Crippen molar-refractivity contribution >= 4 is 28.6 Å². The molecule has 1 saturated heterocycles. The lowest BCUT2D eigenvalue weighted by atomic mass is 9.88. The number of amides is 1. The average Bonchev–Trinajstić information content (AvgIpc) is 2.90. The topological polar surface area (TPSA) is 76.5 Å². The molecule has 1 amide bonds. The summed E-state index contributed by atoms with van der Waals surface area (Å²) in [6, 6.07) is 15.8. The minimum atomic E-state index is -0.0401. The summed E-state index contributed by atoms with van der Waals surface area (Å²) in [6.07, 6.45) is 3.94. The molecule has 1 aliphatic carbocycles. The molecule has 7 nitrogen and oxygen atoms in total. The predicted molar refractivity (Wildman–Crippen MR) is 139 cm³/mol. The highest BCUT2D eigenvalue weighted by Crippen LogP contribution is 2.29. The van der Waals surface area contributed by atoms with Crippen LogP contribution in [0.25, 0.3) is 10.9 Å². The van der Waals surface area contributed by atoms with Crippen LogP contribution in [-0.4, -0.2) is 59.0 Å². The third-order valence-electron chi connectivity index (χ3n) is 6.82. The van der Waals surface area contributed by atoms with E-state index in [0.29, 0.717) is 22.6 Å². The smallest absolute Gasteiger partial charge is 0.262 e. The third kappa shape index (κ3) is 5.77. The molecular formula is C27H32N4O3S. The summed E-state index contributed by atoms with van der Waals surface area (Å²) in [4.78, 5) is 33.3. The summed E-state index contributed by atoms with van der Waals surface area (Å²) >= 11 is 1.35. The van der Waals surface area contributed by atoms with E-state index in [1.54, 1.807) is 4.57 Å². The second-order valence-electron chi connectivity index (χ2n) is 9.18. The van der Waals surface area contributed by atoms with E-state index in [4.69, 9.17) is 9.72 Å². The van der Waals surface area contributed by atoms with Gasteiger partial charge in [-0.05, 0) is 48.9 Å². The molecule has 1 atom stereocenters. The van der Waals surface area contributed by atoms with Gasteiger partial charge in [-0.25, -0.2) is 4.98 Å². The van der Waals surface area contributed by atoms with Crippen molar-refractivity contribution in [2.45, 2.75) is 43.4 Å². The van der Waals surface area contributed by atoms with Gasteiger partial charge in [0.15, 0.2) is 5.16 Å². The Morgan fingerprint density at radius 3 is 2.77 bits per heavy atom. The molecule has 0 saturated carbocycles. The van der Waals surface area contributed by atoms with Gasteiger partial charge in [-0.3, -0.25) is 19.1 Å². The van der Waals surface area contributed by atoms with E-state index >= 15 is 0 Å². The lowest BCUT2D eigenvalue weighted by Gasteiger charge is -2.26. The number of benzene rings is 2. The molecule has 0 spiro atoms. The number of nitrogens with zero attached hydrogens (tertiary/aromatic N) is 3. The van der Waals surface area contributed by atoms with Crippen LogP contribution in [0.1, 0.15) is 36.4 Å². The van der Waals surface area contributed by atoms with Gasteiger partial charge in [0.2, 0.25) is 5.91 Å². The van der Waals surface area contributed by atoms with E-state index < -0.39 is 0 Å². The molecule has 1 unspecified atom stereocenters. The Morgan fingerprint density at radius 1 is 1.09 bits per heavy atom. The molecule has 0 bridgehead atoms.